The first kappa shape index (κ1) is 20.3. The molecule has 0 bridgehead atoms. The van der Waals surface area contributed by atoms with Crippen LogP contribution in [0.3, 0.4) is 0 Å². The molecule has 3 N–H and O–H groups in total. The molecule has 4 aromatic rings. The molecule has 8 nitrogen and oxygen atoms in total. The minimum Gasteiger partial charge on any atom is -0.496 e. The van der Waals surface area contributed by atoms with Gasteiger partial charge < -0.3 is 20.4 Å². The van der Waals surface area contributed by atoms with Crippen LogP contribution in [-0.4, -0.2) is 46.0 Å². The first-order valence-electron chi connectivity index (χ1n) is 10.8. The number of hydrogen-bond acceptors (Lipinski definition) is 6. The van der Waals surface area contributed by atoms with Gasteiger partial charge in [-0.05, 0) is 57.1 Å². The number of hydrogen-bond donors (Lipinski definition) is 3. The van der Waals surface area contributed by atoms with E-state index in [0.29, 0.717) is 34.3 Å². The highest BCUT2D eigenvalue weighted by atomic mass is 16.5. The molecule has 0 unspecified atom stereocenters. The maximum absolute atomic E-state index is 13.1. The Hall–Kier alpha value is -3.65. The molecule has 2 aromatic carbocycles. The van der Waals surface area contributed by atoms with Crippen LogP contribution in [0.5, 0.6) is 5.75 Å². The van der Waals surface area contributed by atoms with Gasteiger partial charge in [-0.3, -0.25) is 4.79 Å². The number of nitrogens with zero attached hydrogens (tertiary/aromatic N) is 3. The molecule has 0 radical (unpaired) electrons. The number of rotatable bonds is 5. The Bertz CT molecular complexity index is 1310. The Balaban J connectivity index is 1.54. The molecule has 1 aliphatic heterocycles. The highest BCUT2D eigenvalue weighted by Gasteiger charge is 2.19. The van der Waals surface area contributed by atoms with E-state index < -0.39 is 0 Å². The molecule has 1 saturated heterocycles. The maximum Gasteiger partial charge on any atom is 0.277 e. The Kier molecular flexibility index (Phi) is 5.36. The number of para-hydroxylation sites is 1. The largest absolute Gasteiger partial charge is 0.496 e. The van der Waals surface area contributed by atoms with Crippen molar-refractivity contribution in [2.24, 2.45) is 0 Å². The van der Waals surface area contributed by atoms with Gasteiger partial charge in [0.25, 0.3) is 5.56 Å². The fraction of sp³-hybridized carbons (Fsp3) is 0.292. The maximum atomic E-state index is 13.1. The molecule has 0 amide bonds. The second-order valence-corrected chi connectivity index (χ2v) is 8.03. The van der Waals surface area contributed by atoms with Gasteiger partial charge in [0.1, 0.15) is 17.1 Å². The lowest BCUT2D eigenvalue weighted by Crippen LogP contribution is -2.35. The average Bonchev–Trinajstić information content (AvgIpc) is 3.17. The molecular formula is C24H26N6O2. The summed E-state index contributed by atoms with van der Waals surface area (Å²) in [7, 11) is 1.63. The zero-order valence-electron chi connectivity index (χ0n) is 18.2. The number of piperidine rings is 1. The van der Waals surface area contributed by atoms with Gasteiger partial charge in [0.2, 0.25) is 0 Å². The van der Waals surface area contributed by atoms with Gasteiger partial charge >= 0.3 is 0 Å². The number of ether oxygens (including phenoxy) is 1. The van der Waals surface area contributed by atoms with Crippen molar-refractivity contribution in [1.82, 2.24) is 25.1 Å². The summed E-state index contributed by atoms with van der Waals surface area (Å²) in [4.78, 5) is 20.8. The number of aromatic amines is 1. The summed E-state index contributed by atoms with van der Waals surface area (Å²) in [5.41, 5.74) is 4.00. The second-order valence-electron chi connectivity index (χ2n) is 8.03. The number of methoxy groups -OCH3 is 1. The van der Waals surface area contributed by atoms with E-state index in [9.17, 15) is 4.79 Å². The molecule has 1 aliphatic rings. The van der Waals surface area contributed by atoms with E-state index in [1.54, 1.807) is 11.8 Å². The normalized spacial score (nSPS) is 14.6. The van der Waals surface area contributed by atoms with Crippen LogP contribution in [0.1, 0.15) is 18.5 Å². The number of benzene rings is 2. The molecule has 5 rings (SSSR count). The van der Waals surface area contributed by atoms with Gasteiger partial charge in [-0.1, -0.05) is 18.2 Å². The topological polar surface area (TPSA) is 96.9 Å². The fourth-order valence-electron chi connectivity index (χ4n) is 4.23. The number of aryl methyl sites for hydroxylation is 1. The number of anilines is 1. The Morgan fingerprint density at radius 2 is 1.91 bits per heavy atom. The van der Waals surface area contributed by atoms with E-state index in [1.807, 2.05) is 55.5 Å². The van der Waals surface area contributed by atoms with Crippen molar-refractivity contribution in [3.05, 3.63) is 64.6 Å². The molecule has 0 spiro atoms. The Labute approximate surface area is 185 Å². The van der Waals surface area contributed by atoms with E-state index in [-0.39, 0.29) is 5.56 Å². The quantitative estimate of drug-likeness (QED) is 0.450. The molecule has 164 valence electrons. The molecule has 0 atom stereocenters. The lowest BCUT2D eigenvalue weighted by Gasteiger charge is -2.25. The summed E-state index contributed by atoms with van der Waals surface area (Å²) >= 11 is 0. The Morgan fingerprint density at radius 1 is 1.12 bits per heavy atom. The number of H-pyrrole nitrogens is 1. The third-order valence-corrected chi connectivity index (χ3v) is 5.87. The van der Waals surface area contributed by atoms with Crippen LogP contribution in [0, 0.1) is 6.92 Å². The van der Waals surface area contributed by atoms with Gasteiger partial charge in [-0.25, -0.2) is 9.67 Å². The van der Waals surface area contributed by atoms with Crippen LogP contribution in [0.2, 0.25) is 0 Å². The SMILES string of the molecule is COc1cc(NC2CCNCC2)ccc1-c1nc2c(C)nn(-c3ccccc3)c2c(=O)[nH]1. The zero-order valence-corrected chi connectivity index (χ0v) is 18.2. The molecule has 1 fully saturated rings. The van der Waals surface area contributed by atoms with Crippen molar-refractivity contribution in [3.8, 4) is 22.8 Å². The van der Waals surface area contributed by atoms with Gasteiger partial charge in [-0.15, -0.1) is 0 Å². The molecular weight excluding hydrogens is 404 g/mol. The molecule has 8 heteroatoms. The summed E-state index contributed by atoms with van der Waals surface area (Å²) in [5.74, 6) is 1.11. The minimum atomic E-state index is -0.242. The predicted octanol–water partition coefficient (Wildman–Crippen LogP) is 3.26. The number of fused-ring (bicyclic) bond motifs is 1. The molecule has 2 aromatic heterocycles. The van der Waals surface area contributed by atoms with Gasteiger partial charge in [0, 0.05) is 17.8 Å². The van der Waals surface area contributed by atoms with Crippen LogP contribution in [0.4, 0.5) is 5.69 Å². The zero-order chi connectivity index (χ0) is 22.1. The average molecular weight is 431 g/mol. The van der Waals surface area contributed by atoms with Gasteiger partial charge in [0.15, 0.2) is 5.52 Å². The standard InChI is InChI=1S/C24H26N6O2/c1-15-21-22(30(29-15)18-6-4-3-5-7-18)24(31)28-23(27-21)19-9-8-17(14-20(19)32-2)26-16-10-12-25-13-11-16/h3-9,14,16,25-26H,10-13H2,1-2H3,(H,27,28,31). The van der Waals surface area contributed by atoms with Crippen molar-refractivity contribution in [1.29, 1.82) is 0 Å². The Morgan fingerprint density at radius 3 is 2.66 bits per heavy atom. The summed E-state index contributed by atoms with van der Waals surface area (Å²) in [6, 6.07) is 15.9. The summed E-state index contributed by atoms with van der Waals surface area (Å²) in [6.45, 7) is 3.91. The predicted molar refractivity (Wildman–Crippen MR) is 126 cm³/mol. The van der Waals surface area contributed by atoms with Crippen molar-refractivity contribution >= 4 is 16.7 Å². The monoisotopic (exact) mass is 430 g/mol. The van der Waals surface area contributed by atoms with E-state index in [1.165, 1.54) is 0 Å². The number of aromatic nitrogens is 4. The highest BCUT2D eigenvalue weighted by molar-refractivity contribution is 5.81. The van der Waals surface area contributed by atoms with Crippen molar-refractivity contribution in [2.45, 2.75) is 25.8 Å². The van der Waals surface area contributed by atoms with Crippen molar-refractivity contribution < 1.29 is 4.74 Å². The lowest BCUT2D eigenvalue weighted by molar-refractivity contribution is 0.416. The van der Waals surface area contributed by atoms with Gasteiger partial charge in [0.05, 0.1) is 24.1 Å². The molecule has 32 heavy (non-hydrogen) atoms. The number of nitrogens with one attached hydrogen (secondary N) is 3. The van der Waals surface area contributed by atoms with Crippen LogP contribution in [0.15, 0.2) is 53.3 Å². The van der Waals surface area contributed by atoms with E-state index in [4.69, 9.17) is 9.72 Å². The second kappa shape index (κ2) is 8.47. The van der Waals surface area contributed by atoms with E-state index in [0.717, 1.165) is 42.9 Å². The summed E-state index contributed by atoms with van der Waals surface area (Å²) in [5, 5.41) is 11.5. The van der Waals surface area contributed by atoms with Crippen molar-refractivity contribution in [2.75, 3.05) is 25.5 Å². The smallest absolute Gasteiger partial charge is 0.277 e. The summed E-state index contributed by atoms with van der Waals surface area (Å²) < 4.78 is 7.29. The first-order chi connectivity index (χ1) is 15.6. The highest BCUT2D eigenvalue weighted by Crippen LogP contribution is 2.31. The van der Waals surface area contributed by atoms with E-state index >= 15 is 0 Å². The molecule has 3 heterocycles. The third-order valence-electron chi connectivity index (χ3n) is 5.87. The van der Waals surface area contributed by atoms with Gasteiger partial charge in [-0.2, -0.15) is 5.10 Å². The van der Waals surface area contributed by atoms with E-state index in [2.05, 4.69) is 20.7 Å². The third kappa shape index (κ3) is 3.73. The molecule has 0 saturated carbocycles. The molecule has 0 aliphatic carbocycles. The van der Waals surface area contributed by atoms with Crippen LogP contribution in [-0.2, 0) is 0 Å². The van der Waals surface area contributed by atoms with Crippen LogP contribution >= 0.6 is 0 Å². The van der Waals surface area contributed by atoms with Crippen molar-refractivity contribution in [3.63, 3.8) is 0 Å². The first-order valence-corrected chi connectivity index (χ1v) is 10.8. The lowest BCUT2D eigenvalue weighted by atomic mass is 10.1. The fourth-order valence-corrected chi connectivity index (χ4v) is 4.23. The summed E-state index contributed by atoms with van der Waals surface area (Å²) in [6.07, 6.45) is 2.17. The minimum absolute atomic E-state index is 0.242. The van der Waals surface area contributed by atoms with Crippen LogP contribution < -0.4 is 20.9 Å². The van der Waals surface area contributed by atoms with Crippen LogP contribution in [0.25, 0.3) is 28.1 Å².